The van der Waals surface area contributed by atoms with Gasteiger partial charge in [-0.25, -0.2) is 0 Å². The molecule has 0 aliphatic carbocycles. The molecule has 0 rings (SSSR count). The predicted molar refractivity (Wildman–Crippen MR) is 182 cm³/mol. The Hall–Kier alpha value is -1.10. The maximum absolute atomic E-state index is 12.8. The van der Waals surface area contributed by atoms with Crippen molar-refractivity contribution in [3.05, 3.63) is 0 Å². The highest BCUT2D eigenvalue weighted by atomic mass is 16.5. The molecular weight excluding hydrogens is 536 g/mol. The van der Waals surface area contributed by atoms with Crippen LogP contribution in [0.1, 0.15) is 207 Å². The summed E-state index contributed by atoms with van der Waals surface area (Å²) in [6.07, 6.45) is 29.9. The SMILES string of the molecule is CCCCCCCC(CCCCCCC)OC(=O)CCC(CO)CCC(=O)OC(CCCCCCC)CCCCCCC. The number of ether oxygens (including phenoxy) is 2. The zero-order chi connectivity index (χ0) is 31.8. The summed E-state index contributed by atoms with van der Waals surface area (Å²) < 4.78 is 11.9. The molecule has 0 spiro atoms. The minimum atomic E-state index is -0.153. The monoisotopic (exact) mass is 611 g/mol. The number of hydrogen-bond acceptors (Lipinski definition) is 5. The van der Waals surface area contributed by atoms with Crippen LogP contribution in [0.25, 0.3) is 0 Å². The molecule has 0 saturated carbocycles. The first kappa shape index (κ1) is 41.9. The Morgan fingerprint density at radius 1 is 0.442 bits per heavy atom. The van der Waals surface area contributed by atoms with Crippen molar-refractivity contribution < 1.29 is 24.2 Å². The van der Waals surface area contributed by atoms with Crippen LogP contribution in [0.3, 0.4) is 0 Å². The topological polar surface area (TPSA) is 72.8 Å². The Kier molecular flexibility index (Phi) is 31.5. The molecule has 0 amide bonds. The normalized spacial score (nSPS) is 11.6. The zero-order valence-corrected chi connectivity index (χ0v) is 29.3. The number of aliphatic hydroxyl groups is 1. The maximum Gasteiger partial charge on any atom is 0.306 e. The number of esters is 2. The molecule has 0 unspecified atom stereocenters. The standard InChI is InChI=1S/C38H74O5/c1-5-9-13-17-21-25-35(26-22-18-14-10-6-2)42-37(40)31-29-34(33-39)30-32-38(41)43-36(27-23-19-15-11-7-3)28-24-20-16-12-8-4/h34-36,39H,5-33H2,1-4H3. The molecule has 0 radical (unpaired) electrons. The van der Waals surface area contributed by atoms with Gasteiger partial charge in [0.05, 0.1) is 0 Å². The first-order valence-electron chi connectivity index (χ1n) is 19.0. The smallest absolute Gasteiger partial charge is 0.306 e. The van der Waals surface area contributed by atoms with Gasteiger partial charge in [-0.1, -0.05) is 130 Å². The average molecular weight is 611 g/mol. The van der Waals surface area contributed by atoms with Crippen molar-refractivity contribution in [2.75, 3.05) is 6.61 Å². The summed E-state index contributed by atoms with van der Waals surface area (Å²) in [6, 6.07) is 0. The Morgan fingerprint density at radius 2 is 0.721 bits per heavy atom. The third-order valence-corrected chi connectivity index (χ3v) is 8.89. The van der Waals surface area contributed by atoms with Crippen molar-refractivity contribution in [3.63, 3.8) is 0 Å². The molecule has 0 bridgehead atoms. The fourth-order valence-electron chi connectivity index (χ4n) is 5.89. The predicted octanol–water partition coefficient (Wildman–Crippen LogP) is 11.4. The highest BCUT2D eigenvalue weighted by Crippen LogP contribution is 2.21. The van der Waals surface area contributed by atoms with Crippen LogP contribution in [-0.2, 0) is 19.1 Å². The number of carbonyl (C=O) groups is 2. The Balaban J connectivity index is 4.60. The van der Waals surface area contributed by atoms with Gasteiger partial charge in [-0.15, -0.1) is 0 Å². The third kappa shape index (κ3) is 28.1. The van der Waals surface area contributed by atoms with E-state index in [0.29, 0.717) is 25.7 Å². The molecule has 0 aliphatic heterocycles. The molecule has 5 heteroatoms. The summed E-state index contributed by atoms with van der Waals surface area (Å²) in [5.41, 5.74) is 0. The lowest BCUT2D eigenvalue weighted by Gasteiger charge is -2.20. The zero-order valence-electron chi connectivity index (χ0n) is 29.3. The molecule has 0 aromatic rings. The second-order valence-electron chi connectivity index (χ2n) is 13.2. The molecule has 0 saturated heterocycles. The van der Waals surface area contributed by atoms with Gasteiger partial charge in [0, 0.05) is 19.4 Å². The van der Waals surface area contributed by atoms with E-state index in [9.17, 15) is 14.7 Å². The van der Waals surface area contributed by atoms with Crippen LogP contribution in [0.4, 0.5) is 0 Å². The van der Waals surface area contributed by atoms with E-state index in [1.807, 2.05) is 0 Å². The first-order valence-corrected chi connectivity index (χ1v) is 19.0. The molecule has 43 heavy (non-hydrogen) atoms. The molecular formula is C38H74O5. The molecule has 0 heterocycles. The lowest BCUT2D eigenvalue weighted by atomic mass is 9.98. The largest absolute Gasteiger partial charge is 0.462 e. The van der Waals surface area contributed by atoms with Crippen LogP contribution in [0, 0.1) is 5.92 Å². The van der Waals surface area contributed by atoms with Crippen LogP contribution >= 0.6 is 0 Å². The second-order valence-corrected chi connectivity index (χ2v) is 13.2. The van der Waals surface area contributed by atoms with E-state index in [0.717, 1.165) is 51.4 Å². The molecule has 1 N–H and O–H groups in total. The van der Waals surface area contributed by atoms with Crippen LogP contribution < -0.4 is 0 Å². The average Bonchev–Trinajstić information content (AvgIpc) is 3.00. The van der Waals surface area contributed by atoms with Gasteiger partial charge in [-0.3, -0.25) is 9.59 Å². The van der Waals surface area contributed by atoms with Gasteiger partial charge in [-0.05, 0) is 70.1 Å². The molecule has 256 valence electrons. The Bertz CT molecular complexity index is 529. The third-order valence-electron chi connectivity index (χ3n) is 8.89. The van der Waals surface area contributed by atoms with Gasteiger partial charge in [-0.2, -0.15) is 0 Å². The van der Waals surface area contributed by atoms with E-state index >= 15 is 0 Å². The van der Waals surface area contributed by atoms with E-state index in [-0.39, 0.29) is 36.7 Å². The fourth-order valence-corrected chi connectivity index (χ4v) is 5.89. The summed E-state index contributed by atoms with van der Waals surface area (Å²) in [6.45, 7) is 8.90. The maximum atomic E-state index is 12.8. The van der Waals surface area contributed by atoms with Crippen molar-refractivity contribution >= 4 is 11.9 Å². The quantitative estimate of drug-likeness (QED) is 0.0591. The minimum Gasteiger partial charge on any atom is -0.462 e. The van der Waals surface area contributed by atoms with E-state index in [4.69, 9.17) is 9.47 Å². The number of unbranched alkanes of at least 4 members (excludes halogenated alkanes) is 16. The number of rotatable bonds is 33. The van der Waals surface area contributed by atoms with E-state index in [1.54, 1.807) is 0 Å². The van der Waals surface area contributed by atoms with E-state index < -0.39 is 0 Å². The van der Waals surface area contributed by atoms with Gasteiger partial charge in [0.15, 0.2) is 0 Å². The molecule has 0 fully saturated rings. The first-order chi connectivity index (χ1) is 21.0. The number of aliphatic hydroxyl groups excluding tert-OH is 1. The molecule has 0 aliphatic rings. The van der Waals surface area contributed by atoms with Crippen molar-refractivity contribution in [2.24, 2.45) is 5.92 Å². The van der Waals surface area contributed by atoms with Gasteiger partial charge in [0.1, 0.15) is 12.2 Å². The van der Waals surface area contributed by atoms with Crippen LogP contribution in [0.15, 0.2) is 0 Å². The lowest BCUT2D eigenvalue weighted by molar-refractivity contribution is -0.150. The minimum absolute atomic E-state index is 0.0131. The van der Waals surface area contributed by atoms with Crippen molar-refractivity contribution in [1.29, 1.82) is 0 Å². The molecule has 0 aromatic heterocycles. The molecule has 5 nitrogen and oxygen atoms in total. The lowest BCUT2D eigenvalue weighted by Crippen LogP contribution is -2.21. The Labute approximate surface area is 268 Å². The van der Waals surface area contributed by atoms with Gasteiger partial charge >= 0.3 is 11.9 Å². The summed E-state index contributed by atoms with van der Waals surface area (Å²) in [5.74, 6) is -0.387. The second kappa shape index (κ2) is 32.3. The van der Waals surface area contributed by atoms with Gasteiger partial charge in [0.2, 0.25) is 0 Å². The number of carbonyl (C=O) groups excluding carboxylic acids is 2. The van der Waals surface area contributed by atoms with E-state index in [1.165, 1.54) is 103 Å². The summed E-state index contributed by atoms with van der Waals surface area (Å²) >= 11 is 0. The van der Waals surface area contributed by atoms with Crippen molar-refractivity contribution in [1.82, 2.24) is 0 Å². The fraction of sp³-hybridized carbons (Fsp3) is 0.947. The van der Waals surface area contributed by atoms with Crippen molar-refractivity contribution in [3.8, 4) is 0 Å². The Morgan fingerprint density at radius 3 is 0.977 bits per heavy atom. The molecule has 0 aromatic carbocycles. The van der Waals surface area contributed by atoms with Gasteiger partial charge < -0.3 is 14.6 Å². The summed E-state index contributed by atoms with van der Waals surface area (Å²) in [7, 11) is 0. The van der Waals surface area contributed by atoms with Gasteiger partial charge in [0.25, 0.3) is 0 Å². The highest BCUT2D eigenvalue weighted by Gasteiger charge is 2.19. The summed E-state index contributed by atoms with van der Waals surface area (Å²) in [5, 5.41) is 9.96. The summed E-state index contributed by atoms with van der Waals surface area (Å²) in [4.78, 5) is 25.5. The van der Waals surface area contributed by atoms with Crippen LogP contribution in [0.2, 0.25) is 0 Å². The van der Waals surface area contributed by atoms with Crippen molar-refractivity contribution in [2.45, 2.75) is 220 Å². The van der Waals surface area contributed by atoms with Crippen LogP contribution in [-0.4, -0.2) is 35.9 Å². The molecule has 0 atom stereocenters. The highest BCUT2D eigenvalue weighted by molar-refractivity contribution is 5.70. The van der Waals surface area contributed by atoms with Crippen LogP contribution in [0.5, 0.6) is 0 Å². The van der Waals surface area contributed by atoms with E-state index in [2.05, 4.69) is 27.7 Å². The number of hydrogen-bond donors (Lipinski definition) is 1.